The van der Waals surface area contributed by atoms with Crippen LogP contribution >= 0.6 is 0 Å². The standard InChI is InChI=1S/C61H110O5/c1-4-7-10-13-16-19-22-25-27-29-31-32-34-37-39-42-45-48-51-54-60(62)65-58-59(66-61(63)55-52-49-46-43-40-36-24-21-18-15-12-9-6-3)57-64-56-53-50-47-44-41-38-35-33-30-28-26-23-20-17-14-11-8-5-2/h9,12,17-18,20-21,26,28,36,40,59H,4-8,10-11,13-16,19,22-25,27,29-35,37-39,41-58H2,1-3H3/b12-9-,20-17-,21-18-,28-26-,40-36-. The van der Waals surface area contributed by atoms with Crippen molar-refractivity contribution in [1.29, 1.82) is 0 Å². The van der Waals surface area contributed by atoms with Gasteiger partial charge in [-0.2, -0.15) is 0 Å². The second kappa shape index (κ2) is 56.9. The van der Waals surface area contributed by atoms with Crippen molar-refractivity contribution in [2.45, 2.75) is 297 Å². The van der Waals surface area contributed by atoms with Crippen molar-refractivity contribution in [3.63, 3.8) is 0 Å². The molecule has 0 radical (unpaired) electrons. The highest BCUT2D eigenvalue weighted by Gasteiger charge is 2.17. The van der Waals surface area contributed by atoms with Crippen LogP contribution in [0.5, 0.6) is 0 Å². The van der Waals surface area contributed by atoms with E-state index < -0.39 is 6.10 Å². The smallest absolute Gasteiger partial charge is 0.306 e. The van der Waals surface area contributed by atoms with Crippen molar-refractivity contribution >= 4 is 11.9 Å². The van der Waals surface area contributed by atoms with Crippen LogP contribution in [0.1, 0.15) is 290 Å². The summed E-state index contributed by atoms with van der Waals surface area (Å²) >= 11 is 0. The molecule has 0 heterocycles. The topological polar surface area (TPSA) is 61.8 Å². The highest BCUT2D eigenvalue weighted by atomic mass is 16.6. The van der Waals surface area contributed by atoms with Gasteiger partial charge in [0.1, 0.15) is 6.61 Å². The average Bonchev–Trinajstić information content (AvgIpc) is 3.32. The molecular formula is C61H110O5. The van der Waals surface area contributed by atoms with Gasteiger partial charge in [-0.3, -0.25) is 9.59 Å². The molecule has 0 rings (SSSR count). The van der Waals surface area contributed by atoms with Gasteiger partial charge in [0.05, 0.1) is 6.61 Å². The summed E-state index contributed by atoms with van der Waals surface area (Å²) in [6.07, 6.45) is 72.5. The molecule has 0 saturated heterocycles. The molecular weight excluding hydrogens is 813 g/mol. The fraction of sp³-hybridized carbons (Fsp3) is 0.803. The molecule has 1 atom stereocenters. The van der Waals surface area contributed by atoms with Gasteiger partial charge in [-0.05, 0) is 83.5 Å². The van der Waals surface area contributed by atoms with Crippen molar-refractivity contribution in [2.75, 3.05) is 19.8 Å². The van der Waals surface area contributed by atoms with Gasteiger partial charge in [-0.25, -0.2) is 0 Å². The summed E-state index contributed by atoms with van der Waals surface area (Å²) in [6, 6.07) is 0. The molecule has 0 bridgehead atoms. The first-order valence-corrected chi connectivity index (χ1v) is 28.8. The molecule has 5 heteroatoms. The predicted octanol–water partition coefficient (Wildman–Crippen LogP) is 19.7. The van der Waals surface area contributed by atoms with E-state index in [9.17, 15) is 9.59 Å². The molecule has 384 valence electrons. The molecule has 0 amide bonds. The summed E-state index contributed by atoms with van der Waals surface area (Å²) in [6.45, 7) is 7.69. The predicted molar refractivity (Wildman–Crippen MR) is 288 cm³/mol. The molecule has 0 aromatic rings. The molecule has 0 saturated carbocycles. The Balaban J connectivity index is 4.24. The van der Waals surface area contributed by atoms with Crippen molar-refractivity contribution < 1.29 is 23.8 Å². The molecule has 0 aliphatic carbocycles. The maximum Gasteiger partial charge on any atom is 0.306 e. The summed E-state index contributed by atoms with van der Waals surface area (Å²) in [4.78, 5) is 25.5. The normalized spacial score (nSPS) is 12.6. The van der Waals surface area contributed by atoms with Crippen LogP contribution in [-0.2, 0) is 23.8 Å². The second-order valence-corrected chi connectivity index (χ2v) is 19.2. The highest BCUT2D eigenvalue weighted by molar-refractivity contribution is 5.70. The van der Waals surface area contributed by atoms with Crippen molar-refractivity contribution in [1.82, 2.24) is 0 Å². The Hall–Kier alpha value is -2.40. The third kappa shape index (κ3) is 54.2. The Labute approximate surface area is 411 Å². The van der Waals surface area contributed by atoms with Crippen molar-refractivity contribution in [3.05, 3.63) is 60.8 Å². The van der Waals surface area contributed by atoms with Crippen LogP contribution < -0.4 is 0 Å². The fourth-order valence-electron chi connectivity index (χ4n) is 8.26. The number of hydrogen-bond donors (Lipinski definition) is 0. The van der Waals surface area contributed by atoms with Crippen molar-refractivity contribution in [2.24, 2.45) is 0 Å². The van der Waals surface area contributed by atoms with E-state index in [2.05, 4.69) is 81.5 Å². The molecule has 0 N–H and O–H groups in total. The number of rotatable bonds is 53. The summed E-state index contributed by atoms with van der Waals surface area (Å²) < 4.78 is 17.4. The Morgan fingerprint density at radius 3 is 1.14 bits per heavy atom. The number of carbonyl (C=O) groups excluding carboxylic acids is 2. The average molecular weight is 924 g/mol. The van der Waals surface area contributed by atoms with E-state index in [-0.39, 0.29) is 25.2 Å². The number of esters is 2. The zero-order valence-corrected chi connectivity index (χ0v) is 44.2. The minimum atomic E-state index is -0.554. The Bertz CT molecular complexity index is 1130. The number of hydrogen-bond acceptors (Lipinski definition) is 5. The minimum absolute atomic E-state index is 0.0732. The van der Waals surface area contributed by atoms with Gasteiger partial charge >= 0.3 is 11.9 Å². The third-order valence-corrected chi connectivity index (χ3v) is 12.5. The molecule has 1 unspecified atom stereocenters. The van der Waals surface area contributed by atoms with Crippen molar-refractivity contribution in [3.8, 4) is 0 Å². The van der Waals surface area contributed by atoms with E-state index in [0.717, 1.165) is 77.0 Å². The minimum Gasteiger partial charge on any atom is -0.462 e. The lowest BCUT2D eigenvalue weighted by Gasteiger charge is -2.18. The van der Waals surface area contributed by atoms with E-state index in [1.807, 2.05) is 0 Å². The van der Waals surface area contributed by atoms with Gasteiger partial charge in [0.15, 0.2) is 6.10 Å². The molecule has 66 heavy (non-hydrogen) atoms. The molecule has 0 aromatic heterocycles. The number of unbranched alkanes of at least 4 members (excludes halogenated alkanes) is 32. The third-order valence-electron chi connectivity index (χ3n) is 12.5. The Kier molecular flexibility index (Phi) is 54.9. The number of ether oxygens (including phenoxy) is 3. The quantitative estimate of drug-likeness (QED) is 0.0346. The lowest BCUT2D eigenvalue weighted by molar-refractivity contribution is -0.163. The van der Waals surface area contributed by atoms with E-state index >= 15 is 0 Å². The highest BCUT2D eigenvalue weighted by Crippen LogP contribution is 2.16. The molecule has 0 aromatic carbocycles. The van der Waals surface area contributed by atoms with Gasteiger partial charge < -0.3 is 14.2 Å². The van der Waals surface area contributed by atoms with Gasteiger partial charge in [0, 0.05) is 19.4 Å². The summed E-state index contributed by atoms with van der Waals surface area (Å²) in [5.74, 6) is -0.421. The van der Waals surface area contributed by atoms with E-state index in [4.69, 9.17) is 14.2 Å². The molecule has 0 spiro atoms. The van der Waals surface area contributed by atoms with Crippen LogP contribution in [-0.4, -0.2) is 37.9 Å². The van der Waals surface area contributed by atoms with Gasteiger partial charge in [-0.15, -0.1) is 0 Å². The van der Waals surface area contributed by atoms with E-state index in [0.29, 0.717) is 19.4 Å². The molecule has 0 aliphatic rings. The van der Waals surface area contributed by atoms with Crippen LogP contribution in [0.25, 0.3) is 0 Å². The van der Waals surface area contributed by atoms with Crippen LogP contribution in [0.4, 0.5) is 0 Å². The second-order valence-electron chi connectivity index (χ2n) is 19.2. The summed E-state index contributed by atoms with van der Waals surface area (Å²) in [5, 5.41) is 0. The maximum absolute atomic E-state index is 12.8. The first-order chi connectivity index (χ1) is 32.6. The number of carbonyl (C=O) groups is 2. The van der Waals surface area contributed by atoms with Gasteiger partial charge in [0.2, 0.25) is 0 Å². The molecule has 0 fully saturated rings. The molecule has 5 nitrogen and oxygen atoms in total. The zero-order valence-electron chi connectivity index (χ0n) is 44.2. The lowest BCUT2D eigenvalue weighted by atomic mass is 10.0. The monoisotopic (exact) mass is 923 g/mol. The van der Waals surface area contributed by atoms with E-state index in [1.165, 1.54) is 180 Å². The summed E-state index contributed by atoms with van der Waals surface area (Å²) in [5.41, 5.74) is 0. The summed E-state index contributed by atoms with van der Waals surface area (Å²) in [7, 11) is 0. The number of allylic oxidation sites excluding steroid dienone is 10. The first kappa shape index (κ1) is 63.6. The van der Waals surface area contributed by atoms with Crippen LogP contribution in [0.2, 0.25) is 0 Å². The fourth-order valence-corrected chi connectivity index (χ4v) is 8.26. The Morgan fingerprint density at radius 1 is 0.348 bits per heavy atom. The lowest BCUT2D eigenvalue weighted by Crippen LogP contribution is -2.30. The zero-order chi connectivity index (χ0) is 47.7. The molecule has 0 aliphatic heterocycles. The van der Waals surface area contributed by atoms with Crippen LogP contribution in [0.3, 0.4) is 0 Å². The van der Waals surface area contributed by atoms with Crippen LogP contribution in [0, 0.1) is 0 Å². The Morgan fingerprint density at radius 2 is 0.682 bits per heavy atom. The van der Waals surface area contributed by atoms with E-state index in [1.54, 1.807) is 0 Å². The van der Waals surface area contributed by atoms with Gasteiger partial charge in [0.25, 0.3) is 0 Å². The maximum atomic E-state index is 12.8. The van der Waals surface area contributed by atoms with Crippen LogP contribution in [0.15, 0.2) is 60.8 Å². The van der Waals surface area contributed by atoms with Gasteiger partial charge in [-0.1, -0.05) is 255 Å². The SMILES string of the molecule is CC/C=C\C/C=C\C/C=C\CCCCCC(=O)OC(COCCCCCCCCCC/C=C\C/C=C\CCCCC)COC(=O)CCCCCCCCCCCCCCCCCCCCC. The largest absolute Gasteiger partial charge is 0.462 e. The first-order valence-electron chi connectivity index (χ1n) is 28.8.